The molecule has 7 nitrogen and oxygen atoms in total. The van der Waals surface area contributed by atoms with Gasteiger partial charge in [-0.25, -0.2) is 9.18 Å². The van der Waals surface area contributed by atoms with Crippen LogP contribution < -0.4 is 0 Å². The minimum atomic E-state index is -0.826. The zero-order chi connectivity index (χ0) is 20.6. The van der Waals surface area contributed by atoms with Crippen molar-refractivity contribution in [2.75, 3.05) is 0 Å². The summed E-state index contributed by atoms with van der Waals surface area (Å²) in [6.45, 7) is 8.08. The lowest BCUT2D eigenvalue weighted by molar-refractivity contribution is 0.0258. The normalized spacial score (nSPS) is 12.1. The Morgan fingerprint density at radius 1 is 1.25 bits per heavy atom. The van der Waals surface area contributed by atoms with Crippen LogP contribution in [0.3, 0.4) is 0 Å². The number of esters is 1. The molecular formula is C20H20FN3O4. The van der Waals surface area contributed by atoms with E-state index in [2.05, 4.69) is 15.1 Å². The summed E-state index contributed by atoms with van der Waals surface area (Å²) in [5.41, 5.74) is 2.78. The number of aromatic amines is 1. The van der Waals surface area contributed by atoms with Gasteiger partial charge in [-0.15, -0.1) is 0 Å². The Bertz CT molecular complexity index is 1070. The van der Waals surface area contributed by atoms with Gasteiger partial charge in [0.15, 0.2) is 11.9 Å². The highest BCUT2D eigenvalue weighted by molar-refractivity contribution is 6.01. The maximum atomic E-state index is 13.7. The Hall–Kier alpha value is -3.29. The van der Waals surface area contributed by atoms with Gasteiger partial charge in [-0.1, -0.05) is 17.3 Å². The highest BCUT2D eigenvalue weighted by Gasteiger charge is 2.25. The third kappa shape index (κ3) is 3.58. The quantitative estimate of drug-likeness (QED) is 0.521. The summed E-state index contributed by atoms with van der Waals surface area (Å²) in [5.74, 6) is -0.867. The summed E-state index contributed by atoms with van der Waals surface area (Å²) in [4.78, 5) is 31.3. The van der Waals surface area contributed by atoms with Crippen molar-refractivity contribution in [3.05, 3.63) is 58.0 Å². The fraction of sp³-hybridized carbons (Fsp3) is 0.300. The molecule has 2 aromatic heterocycles. The highest BCUT2D eigenvalue weighted by atomic mass is 19.1. The molecule has 8 heteroatoms. The van der Waals surface area contributed by atoms with Gasteiger partial charge in [-0.2, -0.15) is 4.98 Å². The van der Waals surface area contributed by atoms with Crippen LogP contribution in [0.4, 0.5) is 4.39 Å². The number of aromatic nitrogens is 3. The van der Waals surface area contributed by atoms with E-state index in [0.717, 1.165) is 0 Å². The van der Waals surface area contributed by atoms with Gasteiger partial charge in [0.25, 0.3) is 5.89 Å². The standard InChI is InChI=1S/C20H20FN3O4/c1-9-6-7-14(8-15(9)21)18-23-19(28-24-18)13(5)27-20(26)17-10(2)16(12(4)25)11(3)22-17/h6-8,13,22H,1-5H3/t13-/m0/s1. The number of ether oxygens (including phenoxy) is 1. The maximum absolute atomic E-state index is 13.7. The molecule has 0 fully saturated rings. The molecule has 28 heavy (non-hydrogen) atoms. The average molecular weight is 385 g/mol. The van der Waals surface area contributed by atoms with Crippen LogP contribution in [-0.4, -0.2) is 26.9 Å². The Morgan fingerprint density at radius 2 is 1.96 bits per heavy atom. The number of benzene rings is 1. The third-order valence-electron chi connectivity index (χ3n) is 4.50. The van der Waals surface area contributed by atoms with E-state index in [1.54, 1.807) is 39.8 Å². The monoisotopic (exact) mass is 385 g/mol. The number of H-pyrrole nitrogens is 1. The first kappa shape index (κ1) is 19.5. The summed E-state index contributed by atoms with van der Waals surface area (Å²) >= 11 is 0. The van der Waals surface area contributed by atoms with Crippen LogP contribution >= 0.6 is 0 Å². The zero-order valence-corrected chi connectivity index (χ0v) is 16.2. The Kier molecular flexibility index (Phi) is 5.13. The number of Topliss-reactive ketones (excluding diaryl/α,β-unsaturated/α-hetero) is 1. The predicted octanol–water partition coefficient (Wildman–Crippen LogP) is 4.25. The molecule has 0 aliphatic carbocycles. The van der Waals surface area contributed by atoms with Gasteiger partial charge in [0, 0.05) is 16.8 Å². The third-order valence-corrected chi connectivity index (χ3v) is 4.50. The van der Waals surface area contributed by atoms with Crippen molar-refractivity contribution in [1.29, 1.82) is 0 Å². The fourth-order valence-corrected chi connectivity index (χ4v) is 3.00. The van der Waals surface area contributed by atoms with E-state index in [1.165, 1.54) is 13.0 Å². The first-order chi connectivity index (χ1) is 13.2. The van der Waals surface area contributed by atoms with Crippen LogP contribution in [0, 0.1) is 26.6 Å². The second kappa shape index (κ2) is 7.38. The first-order valence-electron chi connectivity index (χ1n) is 8.70. The van der Waals surface area contributed by atoms with Crippen molar-refractivity contribution in [2.24, 2.45) is 0 Å². The van der Waals surface area contributed by atoms with E-state index in [0.29, 0.717) is 27.9 Å². The number of halogens is 1. The second-order valence-electron chi connectivity index (χ2n) is 6.65. The lowest BCUT2D eigenvalue weighted by atomic mass is 10.1. The summed E-state index contributed by atoms with van der Waals surface area (Å²) < 4.78 is 24.3. The van der Waals surface area contributed by atoms with E-state index in [-0.39, 0.29) is 29.0 Å². The van der Waals surface area contributed by atoms with Gasteiger partial charge in [0.05, 0.1) is 0 Å². The Balaban J connectivity index is 1.78. The predicted molar refractivity (Wildman–Crippen MR) is 98.5 cm³/mol. The van der Waals surface area contributed by atoms with Crippen molar-refractivity contribution in [2.45, 2.75) is 40.7 Å². The SMILES string of the molecule is CC(=O)c1c(C)[nH]c(C(=O)O[C@@H](C)c2nc(-c3ccc(C)c(F)c3)no2)c1C. The molecule has 0 unspecified atom stereocenters. The van der Waals surface area contributed by atoms with Gasteiger partial charge in [-0.05, 0) is 51.8 Å². The molecule has 0 spiro atoms. The molecule has 0 saturated heterocycles. The summed E-state index contributed by atoms with van der Waals surface area (Å²) in [6, 6.07) is 4.61. The van der Waals surface area contributed by atoms with Crippen molar-refractivity contribution < 1.29 is 23.2 Å². The highest BCUT2D eigenvalue weighted by Crippen LogP contribution is 2.25. The van der Waals surface area contributed by atoms with E-state index < -0.39 is 12.1 Å². The molecule has 1 aromatic carbocycles. The van der Waals surface area contributed by atoms with Gasteiger partial charge in [-0.3, -0.25) is 4.79 Å². The Labute approximate surface area is 160 Å². The molecule has 0 saturated carbocycles. The molecule has 146 valence electrons. The van der Waals surface area contributed by atoms with E-state index in [1.807, 2.05) is 0 Å². The summed E-state index contributed by atoms with van der Waals surface area (Å²) in [6.07, 6.45) is -0.826. The first-order valence-corrected chi connectivity index (χ1v) is 8.70. The number of hydrogen-bond acceptors (Lipinski definition) is 6. The van der Waals surface area contributed by atoms with Gasteiger partial charge in [0.1, 0.15) is 11.5 Å². The van der Waals surface area contributed by atoms with Crippen LogP contribution in [0.2, 0.25) is 0 Å². The summed E-state index contributed by atoms with van der Waals surface area (Å²) in [5, 5.41) is 3.82. The number of aryl methyl sites for hydroxylation is 2. The molecule has 1 atom stereocenters. The van der Waals surface area contributed by atoms with Crippen LogP contribution in [-0.2, 0) is 4.74 Å². The average Bonchev–Trinajstić information content (AvgIpc) is 3.22. The molecule has 3 rings (SSSR count). The molecular weight excluding hydrogens is 365 g/mol. The van der Waals surface area contributed by atoms with Gasteiger partial charge in [0.2, 0.25) is 5.82 Å². The van der Waals surface area contributed by atoms with E-state index in [4.69, 9.17) is 9.26 Å². The molecule has 0 bridgehead atoms. The summed E-state index contributed by atoms with van der Waals surface area (Å²) in [7, 11) is 0. The van der Waals surface area contributed by atoms with Crippen LogP contribution in [0.25, 0.3) is 11.4 Å². The topological polar surface area (TPSA) is 98.1 Å². The van der Waals surface area contributed by atoms with E-state index in [9.17, 15) is 14.0 Å². The number of nitrogens with one attached hydrogen (secondary N) is 1. The van der Waals surface area contributed by atoms with Crippen molar-refractivity contribution in [1.82, 2.24) is 15.1 Å². The number of rotatable bonds is 5. The lowest BCUT2D eigenvalue weighted by Crippen LogP contribution is -2.11. The van der Waals surface area contributed by atoms with Crippen LogP contribution in [0.5, 0.6) is 0 Å². The minimum absolute atomic E-state index is 0.0806. The van der Waals surface area contributed by atoms with Gasteiger partial charge >= 0.3 is 5.97 Å². The van der Waals surface area contributed by atoms with Crippen molar-refractivity contribution >= 4 is 11.8 Å². The minimum Gasteiger partial charge on any atom is -0.448 e. The smallest absolute Gasteiger partial charge is 0.355 e. The molecule has 1 N–H and O–H groups in total. The molecule has 0 radical (unpaired) electrons. The maximum Gasteiger partial charge on any atom is 0.355 e. The molecule has 0 aliphatic rings. The Morgan fingerprint density at radius 3 is 2.57 bits per heavy atom. The number of nitrogens with zero attached hydrogens (tertiary/aromatic N) is 2. The second-order valence-corrected chi connectivity index (χ2v) is 6.65. The van der Waals surface area contributed by atoms with Crippen LogP contribution in [0.1, 0.15) is 63.5 Å². The number of carbonyl (C=O) groups is 2. The number of hydrogen-bond donors (Lipinski definition) is 1. The van der Waals surface area contributed by atoms with Gasteiger partial charge < -0.3 is 14.2 Å². The molecule has 2 heterocycles. The van der Waals surface area contributed by atoms with Crippen LogP contribution in [0.15, 0.2) is 22.7 Å². The number of ketones is 1. The molecule has 3 aromatic rings. The van der Waals surface area contributed by atoms with Crippen molar-refractivity contribution in [3.8, 4) is 11.4 Å². The fourth-order valence-electron chi connectivity index (χ4n) is 3.00. The zero-order valence-electron chi connectivity index (χ0n) is 16.2. The van der Waals surface area contributed by atoms with E-state index >= 15 is 0 Å². The largest absolute Gasteiger partial charge is 0.448 e. The molecule has 0 amide bonds. The number of carbonyl (C=O) groups excluding carboxylic acids is 2. The molecule has 0 aliphatic heterocycles. The lowest BCUT2D eigenvalue weighted by Gasteiger charge is -2.08. The van der Waals surface area contributed by atoms with Crippen molar-refractivity contribution in [3.63, 3.8) is 0 Å².